The summed E-state index contributed by atoms with van der Waals surface area (Å²) in [4.78, 5) is 27.8. The summed E-state index contributed by atoms with van der Waals surface area (Å²) in [6, 6.07) is 12.8. The number of nitrogens with zero attached hydrogens (tertiary/aromatic N) is 1. The molecule has 2 rings (SSSR count). The minimum absolute atomic E-state index is 0.138. The second-order valence-electron chi connectivity index (χ2n) is 8.55. The Morgan fingerprint density at radius 2 is 1.72 bits per heavy atom. The average molecular weight is 441 g/mol. The lowest BCUT2D eigenvalue weighted by Gasteiger charge is -2.31. The summed E-state index contributed by atoms with van der Waals surface area (Å²) in [5.74, 6) is 1.29. The zero-order valence-corrected chi connectivity index (χ0v) is 20.1. The molecule has 0 radical (unpaired) electrons. The quantitative estimate of drug-likeness (QED) is 0.567. The molecule has 0 aliphatic carbocycles. The van der Waals surface area contributed by atoms with Gasteiger partial charge in [-0.3, -0.25) is 9.59 Å². The topological polar surface area (TPSA) is 67.9 Å². The predicted molar refractivity (Wildman–Crippen MR) is 127 cm³/mol. The van der Waals surface area contributed by atoms with Crippen LogP contribution in [0.15, 0.2) is 42.5 Å². The van der Waals surface area contributed by atoms with Crippen LogP contribution < -0.4 is 14.8 Å². The number of carbonyl (C=O) groups excluding carboxylic acids is 2. The van der Waals surface area contributed by atoms with E-state index < -0.39 is 6.04 Å². The van der Waals surface area contributed by atoms with Gasteiger partial charge in [-0.05, 0) is 67.1 Å². The summed E-state index contributed by atoms with van der Waals surface area (Å²) in [5, 5.41) is 2.97. The molecule has 6 nitrogen and oxygen atoms in total. The first kappa shape index (κ1) is 25.2. The fourth-order valence-electron chi connectivity index (χ4n) is 3.55. The van der Waals surface area contributed by atoms with Gasteiger partial charge in [0.2, 0.25) is 5.91 Å². The number of hydrogen-bond acceptors (Lipinski definition) is 4. The second kappa shape index (κ2) is 12.1. The van der Waals surface area contributed by atoms with Crippen LogP contribution in [0.5, 0.6) is 11.5 Å². The standard InChI is InChI=1S/C26H36N2O4/c1-7-24(26(30)27-15-18(2)3)28(16-21-9-8-10-22(14-21)31-6)25(29)17-32-23-12-19(4)11-20(5)13-23/h8-14,18,24H,7,15-17H2,1-6H3,(H,27,30)/t24-/m0/s1. The average Bonchev–Trinajstić information content (AvgIpc) is 2.75. The van der Waals surface area contributed by atoms with Crippen molar-refractivity contribution in [3.63, 3.8) is 0 Å². The third-order valence-electron chi connectivity index (χ3n) is 5.12. The molecule has 174 valence electrons. The number of amides is 2. The lowest BCUT2D eigenvalue weighted by Crippen LogP contribution is -2.50. The van der Waals surface area contributed by atoms with Gasteiger partial charge in [0.15, 0.2) is 6.61 Å². The van der Waals surface area contributed by atoms with E-state index >= 15 is 0 Å². The van der Waals surface area contributed by atoms with Gasteiger partial charge in [0, 0.05) is 13.1 Å². The molecule has 2 aromatic carbocycles. The van der Waals surface area contributed by atoms with E-state index in [1.807, 2.05) is 71.0 Å². The Morgan fingerprint density at radius 3 is 2.31 bits per heavy atom. The van der Waals surface area contributed by atoms with Gasteiger partial charge >= 0.3 is 0 Å². The number of hydrogen-bond donors (Lipinski definition) is 1. The van der Waals surface area contributed by atoms with E-state index in [0.717, 1.165) is 16.7 Å². The molecule has 1 atom stereocenters. The first-order chi connectivity index (χ1) is 15.2. The van der Waals surface area contributed by atoms with Crippen LogP contribution in [0, 0.1) is 19.8 Å². The largest absolute Gasteiger partial charge is 0.497 e. The zero-order valence-electron chi connectivity index (χ0n) is 20.1. The SMILES string of the molecule is CC[C@@H](C(=O)NCC(C)C)N(Cc1cccc(OC)c1)C(=O)COc1cc(C)cc(C)c1. The molecule has 6 heteroatoms. The number of ether oxygens (including phenoxy) is 2. The molecular weight excluding hydrogens is 404 g/mol. The number of carbonyl (C=O) groups is 2. The third-order valence-corrected chi connectivity index (χ3v) is 5.12. The maximum Gasteiger partial charge on any atom is 0.261 e. The molecule has 0 bridgehead atoms. The Hall–Kier alpha value is -3.02. The van der Waals surface area contributed by atoms with Gasteiger partial charge in [0.1, 0.15) is 17.5 Å². The van der Waals surface area contributed by atoms with Crippen LogP contribution in [0.2, 0.25) is 0 Å². The molecule has 0 fully saturated rings. The van der Waals surface area contributed by atoms with E-state index in [2.05, 4.69) is 11.4 Å². The highest BCUT2D eigenvalue weighted by Crippen LogP contribution is 2.19. The predicted octanol–water partition coefficient (Wildman–Crippen LogP) is 4.27. The molecule has 0 aliphatic heterocycles. The van der Waals surface area contributed by atoms with Gasteiger partial charge in [-0.1, -0.05) is 39.0 Å². The molecule has 32 heavy (non-hydrogen) atoms. The highest BCUT2D eigenvalue weighted by atomic mass is 16.5. The van der Waals surface area contributed by atoms with Gasteiger partial charge in [-0.15, -0.1) is 0 Å². The van der Waals surface area contributed by atoms with Gasteiger partial charge in [-0.2, -0.15) is 0 Å². The number of nitrogens with one attached hydrogen (secondary N) is 1. The smallest absolute Gasteiger partial charge is 0.261 e. The van der Waals surface area contributed by atoms with E-state index in [-0.39, 0.29) is 18.4 Å². The Bertz CT molecular complexity index is 890. The number of methoxy groups -OCH3 is 1. The van der Waals surface area contributed by atoms with Crippen molar-refractivity contribution in [3.05, 3.63) is 59.2 Å². The summed E-state index contributed by atoms with van der Waals surface area (Å²) < 4.78 is 11.1. The third kappa shape index (κ3) is 7.59. The highest BCUT2D eigenvalue weighted by molar-refractivity contribution is 5.88. The van der Waals surface area contributed by atoms with E-state index in [0.29, 0.717) is 36.9 Å². The number of aryl methyl sites for hydroxylation is 2. The number of rotatable bonds is 11. The maximum atomic E-state index is 13.3. The zero-order chi connectivity index (χ0) is 23.7. The van der Waals surface area contributed by atoms with E-state index in [1.165, 1.54) is 0 Å². The van der Waals surface area contributed by atoms with E-state index in [4.69, 9.17) is 9.47 Å². The summed E-state index contributed by atoms with van der Waals surface area (Å²) in [6.07, 6.45) is 0.503. The Balaban J connectivity index is 2.23. The van der Waals surface area contributed by atoms with Crippen LogP contribution in [0.1, 0.15) is 43.9 Å². The fraction of sp³-hybridized carbons (Fsp3) is 0.462. The normalized spacial score (nSPS) is 11.7. The lowest BCUT2D eigenvalue weighted by atomic mass is 10.1. The molecule has 0 saturated carbocycles. The van der Waals surface area contributed by atoms with Crippen LogP contribution in [0.25, 0.3) is 0 Å². The van der Waals surface area contributed by atoms with Crippen LogP contribution in [0.4, 0.5) is 0 Å². The molecule has 0 aliphatic rings. The molecule has 0 heterocycles. The molecule has 0 spiro atoms. The van der Waals surface area contributed by atoms with Crippen LogP contribution in [0.3, 0.4) is 0 Å². The second-order valence-corrected chi connectivity index (χ2v) is 8.55. The van der Waals surface area contributed by atoms with Crippen molar-refractivity contribution in [1.82, 2.24) is 10.2 Å². The summed E-state index contributed by atoms with van der Waals surface area (Å²) in [6.45, 7) is 10.7. The van der Waals surface area contributed by atoms with Crippen molar-refractivity contribution >= 4 is 11.8 Å². The van der Waals surface area contributed by atoms with Crippen molar-refractivity contribution in [2.45, 2.75) is 53.6 Å². The van der Waals surface area contributed by atoms with Crippen LogP contribution in [-0.4, -0.2) is 43.0 Å². The fourth-order valence-corrected chi connectivity index (χ4v) is 3.55. The van der Waals surface area contributed by atoms with Crippen molar-refractivity contribution in [1.29, 1.82) is 0 Å². The Labute approximate surface area is 191 Å². The minimum atomic E-state index is -0.588. The Morgan fingerprint density at radius 1 is 1.03 bits per heavy atom. The van der Waals surface area contributed by atoms with Gasteiger partial charge in [0.25, 0.3) is 5.91 Å². The summed E-state index contributed by atoms with van der Waals surface area (Å²) in [5.41, 5.74) is 3.03. The molecule has 2 amide bonds. The molecule has 1 N–H and O–H groups in total. The number of benzene rings is 2. The van der Waals surface area contributed by atoms with Crippen molar-refractivity contribution in [3.8, 4) is 11.5 Å². The monoisotopic (exact) mass is 440 g/mol. The first-order valence-electron chi connectivity index (χ1n) is 11.1. The van der Waals surface area contributed by atoms with Gasteiger partial charge < -0.3 is 19.7 Å². The lowest BCUT2D eigenvalue weighted by molar-refractivity contribution is -0.143. The van der Waals surface area contributed by atoms with Crippen LogP contribution >= 0.6 is 0 Å². The van der Waals surface area contributed by atoms with E-state index in [9.17, 15) is 9.59 Å². The van der Waals surface area contributed by atoms with Crippen LogP contribution in [-0.2, 0) is 16.1 Å². The van der Waals surface area contributed by atoms with Crippen molar-refractivity contribution in [2.75, 3.05) is 20.3 Å². The molecule has 2 aromatic rings. The molecular formula is C26H36N2O4. The van der Waals surface area contributed by atoms with Crippen molar-refractivity contribution < 1.29 is 19.1 Å². The van der Waals surface area contributed by atoms with Crippen molar-refractivity contribution in [2.24, 2.45) is 5.92 Å². The van der Waals surface area contributed by atoms with Gasteiger partial charge in [-0.25, -0.2) is 0 Å². The van der Waals surface area contributed by atoms with Gasteiger partial charge in [0.05, 0.1) is 7.11 Å². The highest BCUT2D eigenvalue weighted by Gasteiger charge is 2.29. The van der Waals surface area contributed by atoms with E-state index in [1.54, 1.807) is 12.0 Å². The molecule has 0 saturated heterocycles. The first-order valence-corrected chi connectivity index (χ1v) is 11.1. The molecule has 0 unspecified atom stereocenters. The minimum Gasteiger partial charge on any atom is -0.497 e. The molecule has 0 aromatic heterocycles. The Kier molecular flexibility index (Phi) is 9.57. The maximum absolute atomic E-state index is 13.3. The summed E-state index contributed by atoms with van der Waals surface area (Å²) in [7, 11) is 1.61. The summed E-state index contributed by atoms with van der Waals surface area (Å²) >= 11 is 0.